The second kappa shape index (κ2) is 8.15. The maximum absolute atomic E-state index is 13.6. The molecule has 5 nitrogen and oxygen atoms in total. The number of benzene rings is 2. The molecule has 1 aromatic heterocycles. The van der Waals surface area contributed by atoms with Crippen molar-refractivity contribution in [3.05, 3.63) is 65.7 Å². The lowest BCUT2D eigenvalue weighted by molar-refractivity contribution is -0.143. The van der Waals surface area contributed by atoms with Gasteiger partial charge < -0.3 is 5.32 Å². The lowest BCUT2D eigenvalue weighted by Gasteiger charge is -2.11. The van der Waals surface area contributed by atoms with E-state index in [0.29, 0.717) is 4.68 Å². The smallest absolute Gasteiger partial charge is 0.321 e. The third kappa shape index (κ3) is 4.88. The van der Waals surface area contributed by atoms with Crippen molar-refractivity contribution in [3.63, 3.8) is 0 Å². The summed E-state index contributed by atoms with van der Waals surface area (Å²) in [7, 11) is 0. The van der Waals surface area contributed by atoms with E-state index in [1.54, 1.807) is 0 Å². The molecule has 3 rings (SSSR count). The molecule has 12 heteroatoms. The van der Waals surface area contributed by atoms with Gasteiger partial charge in [-0.25, -0.2) is 9.07 Å². The molecule has 2 aromatic carbocycles. The van der Waals surface area contributed by atoms with Crippen LogP contribution in [0.4, 0.5) is 32.0 Å². The summed E-state index contributed by atoms with van der Waals surface area (Å²) in [6, 6.07) is 9.28. The number of hydrogen-bond acceptors (Lipinski definition) is 4. The molecule has 29 heavy (non-hydrogen) atoms. The molecule has 3 aromatic rings. The monoisotopic (exact) mass is 432 g/mol. The molecule has 0 aliphatic rings. The van der Waals surface area contributed by atoms with Crippen LogP contribution in [0.2, 0.25) is 0 Å². The Balaban J connectivity index is 1.91. The van der Waals surface area contributed by atoms with Gasteiger partial charge in [0.2, 0.25) is 0 Å². The molecule has 0 unspecified atom stereocenters. The van der Waals surface area contributed by atoms with Crippen LogP contribution in [-0.4, -0.2) is 26.7 Å². The first kappa shape index (κ1) is 20.7. The van der Waals surface area contributed by atoms with Gasteiger partial charge >= 0.3 is 6.18 Å². The highest BCUT2D eigenvalue weighted by molar-refractivity contribution is 7.99. The minimum absolute atomic E-state index is 0.0713. The Morgan fingerprint density at radius 1 is 1.10 bits per heavy atom. The van der Waals surface area contributed by atoms with Gasteiger partial charge in [-0.2, -0.15) is 22.0 Å². The second-order valence-corrected chi connectivity index (χ2v) is 6.60. The van der Waals surface area contributed by atoms with Crippen LogP contribution in [0.15, 0.2) is 53.4 Å². The Bertz CT molecular complexity index is 1020. The lowest BCUT2D eigenvalue weighted by atomic mass is 10.2. The van der Waals surface area contributed by atoms with E-state index in [-0.39, 0.29) is 28.0 Å². The highest BCUT2D eigenvalue weighted by Crippen LogP contribution is 2.33. The van der Waals surface area contributed by atoms with Gasteiger partial charge in [-0.05, 0) is 42.5 Å². The second-order valence-electron chi connectivity index (χ2n) is 5.53. The van der Waals surface area contributed by atoms with Crippen LogP contribution in [0, 0.1) is 5.82 Å². The molecule has 1 N–H and O–H groups in total. The van der Waals surface area contributed by atoms with E-state index in [0.717, 1.165) is 12.1 Å². The number of thioether (sulfide) groups is 1. The molecule has 1 heterocycles. The third-order valence-corrected chi connectivity index (χ3v) is 4.27. The fraction of sp³-hybridized carbons (Fsp3) is 0.118. The van der Waals surface area contributed by atoms with Crippen molar-refractivity contribution in [2.24, 2.45) is 0 Å². The van der Waals surface area contributed by atoms with Crippen molar-refractivity contribution in [2.75, 3.05) is 5.32 Å². The predicted molar refractivity (Wildman–Crippen MR) is 92.6 cm³/mol. The summed E-state index contributed by atoms with van der Waals surface area (Å²) in [6.45, 7) is 0. The first-order valence-electron chi connectivity index (χ1n) is 7.80. The molecule has 0 saturated carbocycles. The van der Waals surface area contributed by atoms with Crippen LogP contribution in [0.5, 0.6) is 0 Å². The van der Waals surface area contributed by atoms with Crippen LogP contribution in [0.3, 0.4) is 0 Å². The van der Waals surface area contributed by atoms with Gasteiger partial charge in [0.05, 0.1) is 5.69 Å². The molecule has 0 fully saturated rings. The topological polar surface area (TPSA) is 59.8 Å². The van der Waals surface area contributed by atoms with Gasteiger partial charge in [0.25, 0.3) is 11.7 Å². The van der Waals surface area contributed by atoms with E-state index >= 15 is 0 Å². The number of hydrogen-bond donors (Lipinski definition) is 1. The van der Waals surface area contributed by atoms with E-state index in [1.165, 1.54) is 36.4 Å². The standard InChI is InChI=1S/C17H10F6N4OS/c18-9-2-1-3-11(8-9)27-14(17(21,22)23)13(25-26-27)15(28)24-10-4-6-12(7-5-10)29-16(19)20/h1-8,16H,(H,24,28). The van der Waals surface area contributed by atoms with Gasteiger partial charge in [-0.1, -0.05) is 23.0 Å². The van der Waals surface area contributed by atoms with Crippen LogP contribution in [0.25, 0.3) is 5.69 Å². The summed E-state index contributed by atoms with van der Waals surface area (Å²) in [6.07, 6.45) is -5.01. The molecule has 0 saturated heterocycles. The van der Waals surface area contributed by atoms with E-state index < -0.39 is 35.0 Å². The number of nitrogens with zero attached hydrogens (tertiary/aromatic N) is 3. The van der Waals surface area contributed by atoms with E-state index in [4.69, 9.17) is 0 Å². The molecule has 0 aliphatic carbocycles. The third-order valence-electron chi connectivity index (χ3n) is 3.54. The summed E-state index contributed by atoms with van der Waals surface area (Å²) in [5.74, 6) is -4.64. The molecule has 0 radical (unpaired) electrons. The number of alkyl halides is 5. The Labute approximate surface area is 163 Å². The van der Waals surface area contributed by atoms with E-state index in [9.17, 15) is 31.1 Å². The highest BCUT2D eigenvalue weighted by atomic mass is 32.2. The molecule has 0 spiro atoms. The Morgan fingerprint density at radius 2 is 1.79 bits per heavy atom. The predicted octanol–water partition coefficient (Wildman–Crippen LogP) is 4.99. The van der Waals surface area contributed by atoms with Crippen LogP contribution < -0.4 is 5.32 Å². The highest BCUT2D eigenvalue weighted by Gasteiger charge is 2.42. The van der Waals surface area contributed by atoms with Gasteiger partial charge in [-0.15, -0.1) is 5.10 Å². The van der Waals surface area contributed by atoms with Gasteiger partial charge in [0.15, 0.2) is 11.4 Å². The summed E-state index contributed by atoms with van der Waals surface area (Å²) in [5.41, 5.74) is -2.70. The Hall–Kier alpha value is -3.02. The van der Waals surface area contributed by atoms with E-state index in [2.05, 4.69) is 15.6 Å². The van der Waals surface area contributed by atoms with Crippen molar-refractivity contribution < 1.29 is 31.1 Å². The molecule has 0 bridgehead atoms. The molecule has 0 atom stereocenters. The summed E-state index contributed by atoms with van der Waals surface area (Å²) in [5, 5.41) is 8.83. The number of aromatic nitrogens is 3. The summed E-state index contributed by atoms with van der Waals surface area (Å²) in [4.78, 5) is 12.5. The SMILES string of the molecule is O=C(Nc1ccc(SC(F)F)cc1)c1nnn(-c2cccc(F)c2)c1C(F)(F)F. The molecular weight excluding hydrogens is 422 g/mol. The normalized spacial score (nSPS) is 11.7. The number of carbonyl (C=O) groups excluding carboxylic acids is 1. The summed E-state index contributed by atoms with van der Waals surface area (Å²) < 4.78 is 79.0. The fourth-order valence-corrected chi connectivity index (χ4v) is 2.89. The number of rotatable bonds is 5. The fourth-order valence-electron chi connectivity index (χ4n) is 2.39. The number of anilines is 1. The molecular formula is C17H10F6N4OS. The molecule has 152 valence electrons. The first-order chi connectivity index (χ1) is 13.6. The number of halogens is 6. The van der Waals surface area contributed by atoms with Gasteiger partial charge in [0.1, 0.15) is 5.82 Å². The number of amides is 1. The zero-order chi connectivity index (χ0) is 21.2. The Morgan fingerprint density at radius 3 is 2.38 bits per heavy atom. The van der Waals surface area contributed by atoms with Crippen LogP contribution in [-0.2, 0) is 6.18 Å². The lowest BCUT2D eigenvalue weighted by Crippen LogP contribution is -2.21. The van der Waals surface area contributed by atoms with Crippen molar-refractivity contribution >= 4 is 23.4 Å². The van der Waals surface area contributed by atoms with Crippen molar-refractivity contribution in [1.29, 1.82) is 0 Å². The zero-order valence-electron chi connectivity index (χ0n) is 14.1. The van der Waals surface area contributed by atoms with Crippen molar-refractivity contribution in [3.8, 4) is 5.69 Å². The van der Waals surface area contributed by atoms with Crippen LogP contribution in [0.1, 0.15) is 16.2 Å². The average Bonchev–Trinajstić information content (AvgIpc) is 3.09. The van der Waals surface area contributed by atoms with Crippen molar-refractivity contribution in [2.45, 2.75) is 16.8 Å². The van der Waals surface area contributed by atoms with Crippen molar-refractivity contribution in [1.82, 2.24) is 15.0 Å². The van der Waals surface area contributed by atoms with Gasteiger partial charge in [0, 0.05) is 10.6 Å². The zero-order valence-corrected chi connectivity index (χ0v) is 14.9. The largest absolute Gasteiger partial charge is 0.435 e. The Kier molecular flexibility index (Phi) is 5.82. The van der Waals surface area contributed by atoms with Crippen LogP contribution >= 0.6 is 11.8 Å². The minimum Gasteiger partial charge on any atom is -0.321 e. The number of carbonyl (C=O) groups is 1. The molecule has 1 amide bonds. The maximum Gasteiger partial charge on any atom is 0.435 e. The quantitative estimate of drug-likeness (QED) is 0.456. The average molecular weight is 432 g/mol. The minimum atomic E-state index is -5.01. The molecule has 0 aliphatic heterocycles. The first-order valence-corrected chi connectivity index (χ1v) is 8.68. The summed E-state index contributed by atoms with van der Waals surface area (Å²) >= 11 is 0.279. The van der Waals surface area contributed by atoms with E-state index in [1.807, 2.05) is 0 Å². The van der Waals surface area contributed by atoms with Gasteiger partial charge in [-0.3, -0.25) is 4.79 Å². The number of nitrogens with one attached hydrogen (secondary N) is 1. The maximum atomic E-state index is 13.6.